The van der Waals surface area contributed by atoms with Gasteiger partial charge in [-0.25, -0.2) is 9.59 Å². The maximum absolute atomic E-state index is 12.7. The van der Waals surface area contributed by atoms with Crippen molar-refractivity contribution in [1.29, 1.82) is 0 Å². The molecule has 126 valence electrons. The van der Waals surface area contributed by atoms with Crippen LogP contribution in [-0.2, 0) is 10.3 Å². The molecule has 3 aromatic carbocycles. The first kappa shape index (κ1) is 14.7. The van der Waals surface area contributed by atoms with Crippen LogP contribution in [-0.4, -0.2) is 17.0 Å². The van der Waals surface area contributed by atoms with Gasteiger partial charge in [-0.2, -0.15) is 0 Å². The maximum atomic E-state index is 12.7. The molecule has 5 rings (SSSR count). The number of hydrogen-bond acceptors (Lipinski definition) is 4. The molecule has 1 spiro atoms. The van der Waals surface area contributed by atoms with Crippen molar-refractivity contribution in [2.45, 2.75) is 5.60 Å². The van der Waals surface area contributed by atoms with E-state index in [2.05, 4.69) is 0 Å². The lowest BCUT2D eigenvalue weighted by Crippen LogP contribution is -2.32. The molecule has 0 unspecified atom stereocenters. The number of ether oxygens (including phenoxy) is 2. The molecule has 1 N–H and O–H groups in total. The molecule has 0 atom stereocenters. The minimum Gasteiger partial charge on any atom is -0.478 e. The lowest BCUT2D eigenvalue weighted by Gasteiger charge is -2.36. The minimum absolute atomic E-state index is 0.0476. The van der Waals surface area contributed by atoms with Gasteiger partial charge in [-0.3, -0.25) is 0 Å². The van der Waals surface area contributed by atoms with Crippen LogP contribution in [0.5, 0.6) is 11.5 Å². The molecule has 2 aliphatic rings. The smallest absolute Gasteiger partial charge is 0.340 e. The summed E-state index contributed by atoms with van der Waals surface area (Å²) in [5.41, 5.74) is 1.22. The number of benzene rings is 3. The highest BCUT2D eigenvalue weighted by Crippen LogP contribution is 2.55. The number of carboxylic acids is 1. The number of aromatic carboxylic acids is 1. The van der Waals surface area contributed by atoms with E-state index in [9.17, 15) is 14.7 Å². The molecule has 0 saturated heterocycles. The third kappa shape index (κ3) is 1.74. The predicted molar refractivity (Wildman–Crippen MR) is 91.7 cm³/mol. The van der Waals surface area contributed by atoms with Crippen molar-refractivity contribution in [3.63, 3.8) is 0 Å². The summed E-state index contributed by atoms with van der Waals surface area (Å²) in [4.78, 5) is 24.0. The average Bonchev–Trinajstić information content (AvgIpc) is 2.95. The predicted octanol–water partition coefficient (Wildman–Crippen LogP) is 3.95. The molecule has 2 aliphatic heterocycles. The van der Waals surface area contributed by atoms with E-state index < -0.39 is 17.5 Å². The molecule has 0 amide bonds. The van der Waals surface area contributed by atoms with Crippen molar-refractivity contribution in [1.82, 2.24) is 0 Å². The minimum atomic E-state index is -1.14. The Kier molecular flexibility index (Phi) is 2.80. The lowest BCUT2D eigenvalue weighted by molar-refractivity contribution is 0.0224. The highest BCUT2D eigenvalue weighted by Gasteiger charge is 2.53. The van der Waals surface area contributed by atoms with Crippen molar-refractivity contribution in [2.75, 3.05) is 0 Å². The molecule has 0 fully saturated rings. The Labute approximate surface area is 148 Å². The average molecular weight is 344 g/mol. The fourth-order valence-electron chi connectivity index (χ4n) is 3.76. The second-order valence-corrected chi connectivity index (χ2v) is 6.23. The van der Waals surface area contributed by atoms with E-state index >= 15 is 0 Å². The molecule has 0 saturated carbocycles. The first-order valence-electron chi connectivity index (χ1n) is 8.09. The normalized spacial score (nSPS) is 15.5. The van der Waals surface area contributed by atoms with Gasteiger partial charge >= 0.3 is 11.9 Å². The standard InChI is InChI=1S/C21H12O5/c22-19(23)12-9-10-14-13(11-12)20(24)26-21(14)15-5-1-3-7-17(15)25-18-8-4-2-6-16(18)21/h1-11H,(H,22,23). The van der Waals surface area contributed by atoms with E-state index in [1.807, 2.05) is 48.5 Å². The molecule has 0 aromatic heterocycles. The summed E-state index contributed by atoms with van der Waals surface area (Å²) in [6.07, 6.45) is 0. The molecule has 3 aromatic rings. The number of rotatable bonds is 1. The number of para-hydroxylation sites is 2. The molecule has 0 aliphatic carbocycles. The summed E-state index contributed by atoms with van der Waals surface area (Å²) in [5.74, 6) is -0.424. The van der Waals surface area contributed by atoms with Gasteiger partial charge in [0.25, 0.3) is 0 Å². The van der Waals surface area contributed by atoms with Crippen molar-refractivity contribution in [2.24, 2.45) is 0 Å². The number of carboxylic acid groups (broad SMARTS) is 1. The van der Waals surface area contributed by atoms with Gasteiger partial charge in [0, 0.05) is 16.7 Å². The second kappa shape index (κ2) is 4.95. The zero-order chi connectivity index (χ0) is 17.9. The highest BCUT2D eigenvalue weighted by molar-refractivity contribution is 6.00. The number of hydrogen-bond donors (Lipinski definition) is 1. The Hall–Kier alpha value is -3.60. The van der Waals surface area contributed by atoms with Crippen LogP contribution < -0.4 is 4.74 Å². The zero-order valence-corrected chi connectivity index (χ0v) is 13.4. The molecule has 0 bridgehead atoms. The van der Waals surface area contributed by atoms with Crippen LogP contribution in [0.2, 0.25) is 0 Å². The van der Waals surface area contributed by atoms with Gasteiger partial charge in [-0.1, -0.05) is 42.5 Å². The molecular weight excluding hydrogens is 332 g/mol. The summed E-state index contributed by atoms with van der Waals surface area (Å²) in [6.45, 7) is 0. The van der Waals surface area contributed by atoms with Crippen molar-refractivity contribution in [3.05, 3.63) is 94.5 Å². The Bertz CT molecular complexity index is 1050. The van der Waals surface area contributed by atoms with Crippen LogP contribution in [0.3, 0.4) is 0 Å². The summed E-state index contributed by atoms with van der Waals surface area (Å²) < 4.78 is 11.9. The summed E-state index contributed by atoms with van der Waals surface area (Å²) in [6, 6.07) is 19.3. The number of carbonyl (C=O) groups is 2. The fourth-order valence-corrected chi connectivity index (χ4v) is 3.76. The first-order valence-corrected chi connectivity index (χ1v) is 8.09. The molecule has 26 heavy (non-hydrogen) atoms. The second-order valence-electron chi connectivity index (χ2n) is 6.23. The van der Waals surface area contributed by atoms with Gasteiger partial charge in [0.05, 0.1) is 11.1 Å². The first-order chi connectivity index (χ1) is 12.6. The third-order valence-electron chi connectivity index (χ3n) is 4.86. The summed E-state index contributed by atoms with van der Waals surface area (Å²) in [5, 5.41) is 9.25. The molecule has 5 heteroatoms. The molecular formula is C21H12O5. The van der Waals surface area contributed by atoms with E-state index in [-0.39, 0.29) is 11.1 Å². The summed E-state index contributed by atoms with van der Waals surface area (Å²) >= 11 is 0. The van der Waals surface area contributed by atoms with Gasteiger partial charge < -0.3 is 14.6 Å². The monoisotopic (exact) mass is 344 g/mol. The SMILES string of the molecule is O=C(O)c1ccc2c(c1)C(=O)OC21c2ccccc2Oc2ccccc21. The van der Waals surface area contributed by atoms with Crippen molar-refractivity contribution in [3.8, 4) is 11.5 Å². The van der Waals surface area contributed by atoms with Gasteiger partial charge in [0.1, 0.15) is 11.5 Å². The topological polar surface area (TPSA) is 72.8 Å². The Morgan fingerprint density at radius 3 is 2.08 bits per heavy atom. The van der Waals surface area contributed by atoms with Crippen molar-refractivity contribution < 1.29 is 24.2 Å². The Morgan fingerprint density at radius 1 is 0.846 bits per heavy atom. The van der Waals surface area contributed by atoms with Gasteiger partial charge in [-0.05, 0) is 24.3 Å². The van der Waals surface area contributed by atoms with Crippen LogP contribution in [0.15, 0.2) is 66.7 Å². The van der Waals surface area contributed by atoms with Crippen LogP contribution >= 0.6 is 0 Å². The van der Waals surface area contributed by atoms with Crippen LogP contribution in [0.1, 0.15) is 37.4 Å². The maximum Gasteiger partial charge on any atom is 0.340 e. The number of fused-ring (bicyclic) bond motifs is 6. The Morgan fingerprint density at radius 2 is 1.46 bits per heavy atom. The lowest BCUT2D eigenvalue weighted by atomic mass is 9.77. The van der Waals surface area contributed by atoms with E-state index in [4.69, 9.17) is 9.47 Å². The number of carbonyl (C=O) groups excluding carboxylic acids is 1. The van der Waals surface area contributed by atoms with Crippen LogP contribution in [0, 0.1) is 0 Å². The van der Waals surface area contributed by atoms with Crippen LogP contribution in [0.4, 0.5) is 0 Å². The highest BCUT2D eigenvalue weighted by atomic mass is 16.6. The number of esters is 1. The van der Waals surface area contributed by atoms with E-state index in [0.29, 0.717) is 28.2 Å². The zero-order valence-electron chi connectivity index (χ0n) is 13.4. The van der Waals surface area contributed by atoms with E-state index in [1.54, 1.807) is 6.07 Å². The van der Waals surface area contributed by atoms with Gasteiger partial charge in [0.15, 0.2) is 5.60 Å². The van der Waals surface area contributed by atoms with Crippen molar-refractivity contribution >= 4 is 11.9 Å². The molecule has 0 radical (unpaired) electrons. The van der Waals surface area contributed by atoms with Gasteiger partial charge in [-0.15, -0.1) is 0 Å². The largest absolute Gasteiger partial charge is 0.478 e. The third-order valence-corrected chi connectivity index (χ3v) is 4.86. The van der Waals surface area contributed by atoms with Gasteiger partial charge in [0.2, 0.25) is 0 Å². The Balaban J connectivity index is 1.87. The van der Waals surface area contributed by atoms with E-state index in [0.717, 1.165) is 0 Å². The van der Waals surface area contributed by atoms with Crippen LogP contribution in [0.25, 0.3) is 0 Å². The molecule has 5 nitrogen and oxygen atoms in total. The fraction of sp³-hybridized carbons (Fsp3) is 0.0476. The summed E-state index contributed by atoms with van der Waals surface area (Å²) in [7, 11) is 0. The van der Waals surface area contributed by atoms with E-state index in [1.165, 1.54) is 12.1 Å². The quantitative estimate of drug-likeness (QED) is 0.677. The molecule has 2 heterocycles.